The second-order valence-corrected chi connectivity index (χ2v) is 8.28. The van der Waals surface area contributed by atoms with Crippen LogP contribution < -0.4 is 10.6 Å². The van der Waals surface area contributed by atoms with Crippen LogP contribution in [-0.2, 0) is 14.3 Å². The Kier molecular flexibility index (Phi) is 10.3. The molecule has 0 aliphatic heterocycles. The molecule has 0 saturated carbocycles. The molecule has 0 radical (unpaired) electrons. The van der Waals surface area contributed by atoms with Crippen molar-refractivity contribution in [2.24, 2.45) is 11.8 Å². The molecule has 0 fully saturated rings. The minimum atomic E-state index is -0.591. The molecule has 1 atom stereocenters. The van der Waals surface area contributed by atoms with Crippen molar-refractivity contribution in [3.05, 3.63) is 0 Å². The summed E-state index contributed by atoms with van der Waals surface area (Å²) in [6, 6.07) is 0.0246. The van der Waals surface area contributed by atoms with Gasteiger partial charge in [0.05, 0.1) is 12.5 Å². The molecule has 7 nitrogen and oxygen atoms in total. The van der Waals surface area contributed by atoms with Crippen LogP contribution in [0.1, 0.15) is 61.8 Å². The fraction of sp³-hybridized carbons (Fsp3) is 0.842. The van der Waals surface area contributed by atoms with E-state index in [0.717, 1.165) is 0 Å². The van der Waals surface area contributed by atoms with Crippen molar-refractivity contribution in [1.82, 2.24) is 15.5 Å². The molecule has 0 aromatic carbocycles. The van der Waals surface area contributed by atoms with Crippen LogP contribution in [-0.4, -0.2) is 54.1 Å². The van der Waals surface area contributed by atoms with Crippen LogP contribution in [0.4, 0.5) is 4.79 Å². The molecule has 2 N–H and O–H groups in total. The molecule has 0 bridgehead atoms. The van der Waals surface area contributed by atoms with Crippen LogP contribution in [0.5, 0.6) is 0 Å². The summed E-state index contributed by atoms with van der Waals surface area (Å²) in [5.74, 6) is -0.420. The summed E-state index contributed by atoms with van der Waals surface area (Å²) >= 11 is 0. The lowest BCUT2D eigenvalue weighted by molar-refractivity contribution is -0.139. The van der Waals surface area contributed by atoms with Crippen LogP contribution in [0.15, 0.2) is 0 Å². The third kappa shape index (κ3) is 10.9. The number of carbonyl (C=O) groups excluding carboxylic acids is 3. The van der Waals surface area contributed by atoms with Gasteiger partial charge in [-0.3, -0.25) is 9.59 Å². The number of likely N-dealkylation sites (N-methyl/N-ethyl adjacent to an activating group) is 1. The zero-order valence-corrected chi connectivity index (χ0v) is 17.6. The van der Waals surface area contributed by atoms with Gasteiger partial charge in [-0.2, -0.15) is 0 Å². The number of nitrogens with one attached hydrogen (secondary N) is 2. The van der Waals surface area contributed by atoms with Gasteiger partial charge < -0.3 is 20.3 Å². The highest BCUT2D eigenvalue weighted by molar-refractivity contribution is 5.86. The van der Waals surface area contributed by atoms with Crippen LogP contribution in [0.2, 0.25) is 0 Å². The predicted octanol–water partition coefficient (Wildman–Crippen LogP) is 2.55. The van der Waals surface area contributed by atoms with Gasteiger partial charge >= 0.3 is 6.09 Å². The van der Waals surface area contributed by atoms with Gasteiger partial charge in [0, 0.05) is 19.1 Å². The Bertz CT molecular complexity index is 470. The fourth-order valence-electron chi connectivity index (χ4n) is 2.51. The van der Waals surface area contributed by atoms with Crippen LogP contribution in [0, 0.1) is 11.8 Å². The van der Waals surface area contributed by atoms with Crippen molar-refractivity contribution < 1.29 is 19.1 Å². The third-order valence-electron chi connectivity index (χ3n) is 3.47. The van der Waals surface area contributed by atoms with Crippen molar-refractivity contribution in [1.29, 1.82) is 0 Å². The Morgan fingerprint density at radius 2 is 1.65 bits per heavy atom. The molecule has 3 amide bonds. The molecular formula is C19H37N3O4. The number of alkyl carbamates (subject to hydrolysis) is 1. The average Bonchev–Trinajstić information content (AvgIpc) is 2.45. The van der Waals surface area contributed by atoms with Gasteiger partial charge in [0.15, 0.2) is 0 Å². The lowest BCUT2D eigenvalue weighted by Crippen LogP contribution is -2.47. The maximum atomic E-state index is 12.9. The molecule has 0 aromatic rings. The number of nitrogens with zero attached hydrogens (tertiary/aromatic N) is 1. The number of ether oxygens (including phenoxy) is 1. The average molecular weight is 372 g/mol. The van der Waals surface area contributed by atoms with E-state index in [0.29, 0.717) is 13.0 Å². The van der Waals surface area contributed by atoms with E-state index in [2.05, 4.69) is 10.6 Å². The lowest BCUT2D eigenvalue weighted by Gasteiger charge is -2.28. The van der Waals surface area contributed by atoms with Crippen molar-refractivity contribution in [2.45, 2.75) is 73.5 Å². The molecule has 0 aromatic heterocycles. The van der Waals surface area contributed by atoms with E-state index in [1.165, 1.54) is 4.90 Å². The maximum absolute atomic E-state index is 12.9. The Morgan fingerprint density at radius 1 is 1.08 bits per heavy atom. The van der Waals surface area contributed by atoms with Crippen molar-refractivity contribution in [3.63, 3.8) is 0 Å². The molecule has 26 heavy (non-hydrogen) atoms. The number of amides is 3. The highest BCUT2D eigenvalue weighted by Gasteiger charge is 2.27. The smallest absolute Gasteiger partial charge is 0.407 e. The largest absolute Gasteiger partial charge is 0.444 e. The van der Waals surface area contributed by atoms with Gasteiger partial charge in [0.25, 0.3) is 0 Å². The van der Waals surface area contributed by atoms with Gasteiger partial charge in [-0.25, -0.2) is 4.79 Å². The monoisotopic (exact) mass is 371 g/mol. The Morgan fingerprint density at radius 3 is 2.08 bits per heavy atom. The first-order valence-electron chi connectivity index (χ1n) is 9.40. The molecule has 0 saturated heterocycles. The first-order valence-corrected chi connectivity index (χ1v) is 9.40. The van der Waals surface area contributed by atoms with E-state index in [4.69, 9.17) is 4.74 Å². The summed E-state index contributed by atoms with van der Waals surface area (Å²) in [6.45, 7) is 15.7. The maximum Gasteiger partial charge on any atom is 0.407 e. The zero-order chi connectivity index (χ0) is 20.5. The quantitative estimate of drug-likeness (QED) is 0.652. The summed E-state index contributed by atoms with van der Waals surface area (Å²) < 4.78 is 5.23. The summed E-state index contributed by atoms with van der Waals surface area (Å²) in [6.07, 6.45) is 0.0800. The lowest BCUT2D eigenvalue weighted by atomic mass is 9.95. The van der Waals surface area contributed by atoms with E-state index in [1.54, 1.807) is 20.8 Å². The van der Waals surface area contributed by atoms with Crippen molar-refractivity contribution in [2.75, 3.05) is 19.6 Å². The summed E-state index contributed by atoms with van der Waals surface area (Å²) in [4.78, 5) is 38.3. The first-order chi connectivity index (χ1) is 11.9. The highest BCUT2D eigenvalue weighted by Crippen LogP contribution is 2.15. The first kappa shape index (κ1) is 24.2. The summed E-state index contributed by atoms with van der Waals surface area (Å²) in [5.41, 5.74) is -0.591. The van der Waals surface area contributed by atoms with Gasteiger partial charge in [0.2, 0.25) is 11.8 Å². The predicted molar refractivity (Wildman–Crippen MR) is 103 cm³/mol. The van der Waals surface area contributed by atoms with E-state index in [1.807, 2.05) is 34.6 Å². The van der Waals surface area contributed by atoms with E-state index in [9.17, 15) is 14.4 Å². The van der Waals surface area contributed by atoms with Gasteiger partial charge in [-0.1, -0.05) is 13.8 Å². The Hall–Kier alpha value is -1.79. The van der Waals surface area contributed by atoms with E-state index in [-0.39, 0.29) is 36.9 Å². The Balaban J connectivity index is 4.93. The van der Waals surface area contributed by atoms with E-state index < -0.39 is 17.6 Å². The second-order valence-electron chi connectivity index (χ2n) is 8.28. The van der Waals surface area contributed by atoms with Crippen molar-refractivity contribution >= 4 is 17.9 Å². The van der Waals surface area contributed by atoms with E-state index >= 15 is 0 Å². The van der Waals surface area contributed by atoms with Crippen LogP contribution in [0.25, 0.3) is 0 Å². The topological polar surface area (TPSA) is 87.7 Å². The van der Waals surface area contributed by atoms with Gasteiger partial charge in [0.1, 0.15) is 5.60 Å². The second kappa shape index (κ2) is 11.0. The van der Waals surface area contributed by atoms with Crippen LogP contribution in [0.3, 0.4) is 0 Å². The molecule has 0 spiro atoms. The normalized spacial score (nSPS) is 12.7. The SMILES string of the molecule is CCN(CC(=O)NC(C)C)C(=O)[C@@H](CNC(=O)OC(C)(C)C)CC(C)C. The minimum absolute atomic E-state index is 0.0224. The molecule has 0 aliphatic carbocycles. The molecule has 152 valence electrons. The molecule has 7 heteroatoms. The third-order valence-corrected chi connectivity index (χ3v) is 3.47. The number of hydrogen-bond donors (Lipinski definition) is 2. The minimum Gasteiger partial charge on any atom is -0.444 e. The van der Waals surface area contributed by atoms with Gasteiger partial charge in [-0.15, -0.1) is 0 Å². The molecular weight excluding hydrogens is 334 g/mol. The number of hydrogen-bond acceptors (Lipinski definition) is 4. The Labute approximate surface area is 158 Å². The zero-order valence-electron chi connectivity index (χ0n) is 17.6. The summed E-state index contributed by atoms with van der Waals surface area (Å²) in [5, 5.41) is 5.48. The van der Waals surface area contributed by atoms with Gasteiger partial charge in [-0.05, 0) is 53.9 Å². The number of rotatable bonds is 9. The standard InChI is InChI=1S/C19H37N3O4/c1-9-22(12-16(23)21-14(4)5)17(24)15(10-13(2)3)11-20-18(25)26-19(6,7)8/h13-15H,9-12H2,1-8H3,(H,20,25)(H,21,23)/t15-/m1/s1. The molecule has 0 unspecified atom stereocenters. The highest BCUT2D eigenvalue weighted by atomic mass is 16.6. The summed E-state index contributed by atoms with van der Waals surface area (Å²) in [7, 11) is 0. The molecule has 0 aliphatic rings. The van der Waals surface area contributed by atoms with Crippen molar-refractivity contribution in [3.8, 4) is 0 Å². The van der Waals surface area contributed by atoms with Crippen LogP contribution >= 0.6 is 0 Å². The fourth-order valence-corrected chi connectivity index (χ4v) is 2.51. The number of carbonyl (C=O) groups is 3. The molecule has 0 heterocycles. The molecule has 0 rings (SSSR count).